The minimum atomic E-state index is -0.135. The second kappa shape index (κ2) is 6.08. The fraction of sp³-hybridized carbons (Fsp3) is 0.214. The van der Waals surface area contributed by atoms with Gasteiger partial charge in [-0.25, -0.2) is 0 Å². The molecular weight excluding hydrogens is 280 g/mol. The molecule has 0 spiro atoms. The molecule has 100 valence electrons. The Morgan fingerprint density at radius 2 is 2.26 bits per heavy atom. The highest BCUT2D eigenvalue weighted by molar-refractivity contribution is 7.07. The van der Waals surface area contributed by atoms with Gasteiger partial charge in [0.2, 0.25) is 0 Å². The molecule has 0 fully saturated rings. The lowest BCUT2D eigenvalue weighted by Crippen LogP contribution is -2.34. The van der Waals surface area contributed by atoms with Gasteiger partial charge in [0.05, 0.1) is 10.7 Å². The molecule has 0 saturated carbocycles. The molecule has 1 heterocycles. The van der Waals surface area contributed by atoms with E-state index in [4.69, 9.17) is 17.3 Å². The fourth-order valence-corrected chi connectivity index (χ4v) is 2.65. The summed E-state index contributed by atoms with van der Waals surface area (Å²) < 4.78 is 0. The Balaban J connectivity index is 1.98. The van der Waals surface area contributed by atoms with Crippen LogP contribution in [0.4, 0.5) is 5.69 Å². The molecule has 0 aliphatic heterocycles. The quantitative estimate of drug-likeness (QED) is 0.850. The van der Waals surface area contributed by atoms with Gasteiger partial charge in [0.25, 0.3) is 5.91 Å². The van der Waals surface area contributed by atoms with Crippen LogP contribution in [0.3, 0.4) is 0 Å². The number of rotatable bonds is 4. The van der Waals surface area contributed by atoms with Crippen molar-refractivity contribution in [1.29, 1.82) is 0 Å². The Morgan fingerprint density at radius 1 is 1.47 bits per heavy atom. The van der Waals surface area contributed by atoms with E-state index in [-0.39, 0.29) is 11.9 Å². The van der Waals surface area contributed by atoms with Gasteiger partial charge in [-0.15, -0.1) is 0 Å². The number of carbonyl (C=O) groups excluding carboxylic acids is 1. The molecule has 0 saturated heterocycles. The van der Waals surface area contributed by atoms with Gasteiger partial charge in [0.15, 0.2) is 0 Å². The van der Waals surface area contributed by atoms with Gasteiger partial charge in [0.1, 0.15) is 0 Å². The van der Waals surface area contributed by atoms with Crippen LogP contribution in [0, 0.1) is 0 Å². The van der Waals surface area contributed by atoms with E-state index in [9.17, 15) is 4.79 Å². The number of halogens is 1. The Hall–Kier alpha value is -1.52. The van der Waals surface area contributed by atoms with Crippen molar-refractivity contribution < 1.29 is 4.79 Å². The maximum absolute atomic E-state index is 12.0. The summed E-state index contributed by atoms with van der Waals surface area (Å²) >= 11 is 7.56. The van der Waals surface area contributed by atoms with Crippen LogP contribution < -0.4 is 11.1 Å². The number of amides is 1. The van der Waals surface area contributed by atoms with Crippen molar-refractivity contribution in [2.45, 2.75) is 19.4 Å². The number of nitrogens with one attached hydrogen (secondary N) is 1. The van der Waals surface area contributed by atoms with E-state index in [0.717, 1.165) is 6.42 Å². The maximum Gasteiger partial charge on any atom is 0.251 e. The lowest BCUT2D eigenvalue weighted by Gasteiger charge is -2.13. The lowest BCUT2D eigenvalue weighted by molar-refractivity contribution is 0.0940. The first-order valence-electron chi connectivity index (χ1n) is 5.93. The second-order valence-electron chi connectivity index (χ2n) is 4.45. The molecule has 2 rings (SSSR count). The molecule has 19 heavy (non-hydrogen) atoms. The molecule has 1 amide bonds. The van der Waals surface area contributed by atoms with Crippen LogP contribution in [0.2, 0.25) is 5.02 Å². The molecule has 0 aliphatic carbocycles. The van der Waals surface area contributed by atoms with Crippen LogP contribution in [-0.2, 0) is 6.42 Å². The molecule has 3 nitrogen and oxygen atoms in total. The van der Waals surface area contributed by atoms with Gasteiger partial charge in [0, 0.05) is 11.6 Å². The number of hydrogen-bond donors (Lipinski definition) is 2. The summed E-state index contributed by atoms with van der Waals surface area (Å²) in [7, 11) is 0. The van der Waals surface area contributed by atoms with E-state index in [2.05, 4.69) is 16.8 Å². The zero-order valence-corrected chi connectivity index (χ0v) is 12.1. The molecule has 1 aromatic carbocycles. The first-order valence-corrected chi connectivity index (χ1v) is 7.25. The molecule has 0 radical (unpaired) electrons. The first-order chi connectivity index (χ1) is 9.06. The van der Waals surface area contributed by atoms with E-state index in [0.29, 0.717) is 16.3 Å². The Bertz CT molecular complexity index is 569. The zero-order valence-electron chi connectivity index (χ0n) is 10.5. The molecule has 3 N–H and O–H groups in total. The van der Waals surface area contributed by atoms with E-state index < -0.39 is 0 Å². The second-order valence-corrected chi connectivity index (χ2v) is 5.63. The average Bonchev–Trinajstić information content (AvgIpc) is 2.85. The van der Waals surface area contributed by atoms with Crippen molar-refractivity contribution in [3.8, 4) is 0 Å². The van der Waals surface area contributed by atoms with Crippen LogP contribution in [0.5, 0.6) is 0 Å². The van der Waals surface area contributed by atoms with Crippen molar-refractivity contribution in [3.05, 3.63) is 51.2 Å². The highest BCUT2D eigenvalue weighted by Gasteiger charge is 2.11. The minimum Gasteiger partial charge on any atom is -0.398 e. The van der Waals surface area contributed by atoms with E-state index in [1.807, 2.05) is 12.3 Å². The van der Waals surface area contributed by atoms with Crippen LogP contribution in [0.15, 0.2) is 35.0 Å². The van der Waals surface area contributed by atoms with Crippen LogP contribution in [-0.4, -0.2) is 11.9 Å². The van der Waals surface area contributed by atoms with Crippen molar-refractivity contribution in [2.24, 2.45) is 0 Å². The van der Waals surface area contributed by atoms with Crippen molar-refractivity contribution >= 4 is 34.5 Å². The van der Waals surface area contributed by atoms with Crippen LogP contribution >= 0.6 is 22.9 Å². The topological polar surface area (TPSA) is 55.1 Å². The molecule has 5 heteroatoms. The van der Waals surface area contributed by atoms with Gasteiger partial charge < -0.3 is 11.1 Å². The zero-order chi connectivity index (χ0) is 13.8. The van der Waals surface area contributed by atoms with E-state index in [1.54, 1.807) is 29.5 Å². The van der Waals surface area contributed by atoms with Gasteiger partial charge in [-0.1, -0.05) is 11.6 Å². The molecule has 1 aromatic heterocycles. The highest BCUT2D eigenvalue weighted by atomic mass is 35.5. The standard InChI is InChI=1S/C14H15ClN2OS/c1-9(6-10-4-5-19-8-10)17-14(18)11-2-3-13(16)12(15)7-11/h2-5,7-9H,6,16H2,1H3,(H,17,18). The summed E-state index contributed by atoms with van der Waals surface area (Å²) in [4.78, 5) is 12.0. The van der Waals surface area contributed by atoms with Gasteiger partial charge in [-0.2, -0.15) is 11.3 Å². The SMILES string of the molecule is CC(Cc1ccsc1)NC(=O)c1ccc(N)c(Cl)c1. The Labute approximate surface area is 121 Å². The van der Waals surface area contributed by atoms with E-state index >= 15 is 0 Å². The number of anilines is 1. The van der Waals surface area contributed by atoms with Gasteiger partial charge >= 0.3 is 0 Å². The van der Waals surface area contributed by atoms with Crippen LogP contribution in [0.1, 0.15) is 22.8 Å². The molecular formula is C14H15ClN2OS. The van der Waals surface area contributed by atoms with Crippen molar-refractivity contribution in [3.63, 3.8) is 0 Å². The highest BCUT2D eigenvalue weighted by Crippen LogP contribution is 2.19. The summed E-state index contributed by atoms with van der Waals surface area (Å²) in [5, 5.41) is 7.47. The number of thiophene rings is 1. The Kier molecular flexibility index (Phi) is 4.45. The van der Waals surface area contributed by atoms with Crippen LogP contribution in [0.25, 0.3) is 0 Å². The fourth-order valence-electron chi connectivity index (χ4n) is 1.79. The number of benzene rings is 1. The molecule has 1 atom stereocenters. The third kappa shape index (κ3) is 3.72. The number of hydrogen-bond acceptors (Lipinski definition) is 3. The minimum absolute atomic E-state index is 0.0680. The largest absolute Gasteiger partial charge is 0.398 e. The third-order valence-electron chi connectivity index (χ3n) is 2.76. The summed E-state index contributed by atoms with van der Waals surface area (Å²) in [6.45, 7) is 1.98. The predicted octanol–water partition coefficient (Wildman–Crippen LogP) is 3.34. The van der Waals surface area contributed by atoms with E-state index in [1.165, 1.54) is 5.56 Å². The normalized spacial score (nSPS) is 12.1. The number of nitrogen functional groups attached to an aromatic ring is 1. The maximum atomic E-state index is 12.0. The van der Waals surface area contributed by atoms with Gasteiger partial charge in [-0.05, 0) is 53.9 Å². The predicted molar refractivity (Wildman–Crippen MR) is 80.8 cm³/mol. The lowest BCUT2D eigenvalue weighted by atomic mass is 10.1. The molecule has 2 aromatic rings. The smallest absolute Gasteiger partial charge is 0.251 e. The monoisotopic (exact) mass is 294 g/mol. The number of nitrogens with two attached hydrogens (primary N) is 1. The summed E-state index contributed by atoms with van der Waals surface area (Å²) in [6, 6.07) is 7.03. The average molecular weight is 295 g/mol. The van der Waals surface area contributed by atoms with Crippen molar-refractivity contribution in [2.75, 3.05) is 5.73 Å². The van der Waals surface area contributed by atoms with Gasteiger partial charge in [-0.3, -0.25) is 4.79 Å². The molecule has 0 aliphatic rings. The Morgan fingerprint density at radius 3 is 2.89 bits per heavy atom. The van der Waals surface area contributed by atoms with Crippen molar-refractivity contribution in [1.82, 2.24) is 5.32 Å². The molecule has 1 unspecified atom stereocenters. The molecule has 0 bridgehead atoms. The number of carbonyl (C=O) groups is 1. The summed E-state index contributed by atoms with van der Waals surface area (Å²) in [6.07, 6.45) is 0.817. The summed E-state index contributed by atoms with van der Waals surface area (Å²) in [5.74, 6) is -0.135. The first kappa shape index (κ1) is 13.9. The third-order valence-corrected chi connectivity index (χ3v) is 3.82. The summed E-state index contributed by atoms with van der Waals surface area (Å²) in [5.41, 5.74) is 7.85.